The lowest BCUT2D eigenvalue weighted by molar-refractivity contribution is -0.118. The molecule has 1 aromatic carbocycles. The number of rotatable bonds is 4. The molecule has 2 aliphatic rings. The summed E-state index contributed by atoms with van der Waals surface area (Å²) in [5.41, 5.74) is 2.14. The van der Waals surface area contributed by atoms with Crippen LogP contribution in [0.5, 0.6) is 0 Å². The summed E-state index contributed by atoms with van der Waals surface area (Å²) in [4.78, 5) is 25.2. The van der Waals surface area contributed by atoms with Crippen LogP contribution in [0.25, 0.3) is 0 Å². The van der Waals surface area contributed by atoms with Gasteiger partial charge in [-0.1, -0.05) is 0 Å². The zero-order valence-electron chi connectivity index (χ0n) is 12.0. The lowest BCUT2D eigenvalue weighted by Gasteiger charge is -2.18. The Morgan fingerprint density at radius 2 is 2.24 bits per heavy atom. The Bertz CT molecular complexity index is 565. The summed E-state index contributed by atoms with van der Waals surface area (Å²) in [6.07, 6.45) is 3.41. The molecular weight excluding hydrogens is 268 g/mol. The second-order valence-electron chi connectivity index (χ2n) is 5.84. The van der Waals surface area contributed by atoms with Gasteiger partial charge in [0.25, 0.3) is 0 Å². The van der Waals surface area contributed by atoms with Crippen LogP contribution in [0.2, 0.25) is 0 Å². The van der Waals surface area contributed by atoms with E-state index in [1.54, 1.807) is 18.2 Å². The number of carbonyl (C=O) groups excluding carboxylic acids is 1. The molecule has 5 heteroatoms. The zero-order valence-corrected chi connectivity index (χ0v) is 12.0. The predicted molar refractivity (Wildman–Crippen MR) is 79.7 cm³/mol. The van der Waals surface area contributed by atoms with Gasteiger partial charge in [-0.3, -0.25) is 4.79 Å². The molecule has 0 bridgehead atoms. The lowest BCUT2D eigenvalue weighted by atomic mass is 10.0. The smallest absolute Gasteiger partial charge is 0.335 e. The number of hydrogen-bond acceptors (Lipinski definition) is 3. The van der Waals surface area contributed by atoms with Crippen molar-refractivity contribution in [2.45, 2.75) is 25.7 Å². The van der Waals surface area contributed by atoms with E-state index in [-0.39, 0.29) is 5.91 Å². The van der Waals surface area contributed by atoms with Crippen molar-refractivity contribution in [1.29, 1.82) is 0 Å². The van der Waals surface area contributed by atoms with E-state index >= 15 is 0 Å². The molecule has 1 atom stereocenters. The predicted octanol–water partition coefficient (Wildman–Crippen LogP) is 1.66. The summed E-state index contributed by atoms with van der Waals surface area (Å²) in [5, 5.41) is 12.3. The first kappa shape index (κ1) is 14.1. The Morgan fingerprint density at radius 1 is 1.38 bits per heavy atom. The van der Waals surface area contributed by atoms with E-state index in [4.69, 9.17) is 5.11 Å². The van der Waals surface area contributed by atoms with Gasteiger partial charge in [0.15, 0.2) is 0 Å². The van der Waals surface area contributed by atoms with Crippen LogP contribution in [-0.2, 0) is 11.2 Å². The number of carboxylic acid groups (broad SMARTS) is 1. The van der Waals surface area contributed by atoms with Gasteiger partial charge in [-0.2, -0.15) is 0 Å². The van der Waals surface area contributed by atoms with E-state index in [2.05, 4.69) is 5.32 Å². The minimum absolute atomic E-state index is 0.156. The van der Waals surface area contributed by atoms with Gasteiger partial charge in [-0.05, 0) is 62.0 Å². The zero-order chi connectivity index (χ0) is 14.8. The molecule has 0 radical (unpaired) electrons. The summed E-state index contributed by atoms with van der Waals surface area (Å²) in [5.74, 6) is -0.148. The second kappa shape index (κ2) is 5.85. The fraction of sp³-hybridized carbons (Fsp3) is 0.500. The molecule has 1 saturated heterocycles. The molecule has 2 aliphatic heterocycles. The number of anilines is 1. The van der Waals surface area contributed by atoms with Gasteiger partial charge < -0.3 is 15.3 Å². The van der Waals surface area contributed by atoms with Gasteiger partial charge in [-0.15, -0.1) is 0 Å². The summed E-state index contributed by atoms with van der Waals surface area (Å²) in [6, 6.07) is 5.03. The van der Waals surface area contributed by atoms with Crippen molar-refractivity contribution < 1.29 is 14.7 Å². The highest BCUT2D eigenvalue weighted by Gasteiger charge is 2.26. The molecule has 1 aromatic rings. The van der Waals surface area contributed by atoms with Gasteiger partial charge in [0.2, 0.25) is 5.91 Å². The van der Waals surface area contributed by atoms with Crippen LogP contribution >= 0.6 is 0 Å². The highest BCUT2D eigenvalue weighted by molar-refractivity contribution is 5.96. The molecular formula is C16H20N2O3. The second-order valence-corrected chi connectivity index (χ2v) is 5.84. The van der Waals surface area contributed by atoms with Crippen molar-refractivity contribution in [3.63, 3.8) is 0 Å². The number of nitrogens with one attached hydrogen (secondary N) is 1. The Labute approximate surface area is 123 Å². The molecule has 0 saturated carbocycles. The standard InChI is InChI=1S/C16H20N2O3/c19-15(4-1-11-5-7-17-10-11)18-8-6-12-9-13(16(20)21)2-3-14(12)18/h2-3,9,11,17H,1,4-8,10H2,(H,20,21). The van der Waals surface area contributed by atoms with E-state index in [1.807, 2.05) is 4.90 Å². The van der Waals surface area contributed by atoms with E-state index in [0.717, 1.165) is 43.6 Å². The van der Waals surface area contributed by atoms with Crippen LogP contribution in [0.4, 0.5) is 5.69 Å². The number of carbonyl (C=O) groups is 2. The highest BCUT2D eigenvalue weighted by atomic mass is 16.4. The summed E-state index contributed by atoms with van der Waals surface area (Å²) in [7, 11) is 0. The number of nitrogens with zero attached hydrogens (tertiary/aromatic N) is 1. The van der Waals surface area contributed by atoms with Crippen LogP contribution in [0.15, 0.2) is 18.2 Å². The molecule has 2 N–H and O–H groups in total. The monoisotopic (exact) mass is 288 g/mol. The highest BCUT2D eigenvalue weighted by Crippen LogP contribution is 2.30. The van der Waals surface area contributed by atoms with Gasteiger partial charge >= 0.3 is 5.97 Å². The molecule has 1 unspecified atom stereocenters. The van der Waals surface area contributed by atoms with Crippen molar-refractivity contribution in [2.75, 3.05) is 24.5 Å². The Balaban J connectivity index is 1.65. The number of carboxylic acids is 1. The van der Waals surface area contributed by atoms with Crippen LogP contribution in [-0.4, -0.2) is 36.6 Å². The molecule has 2 heterocycles. The van der Waals surface area contributed by atoms with Gasteiger partial charge in [0.05, 0.1) is 5.56 Å². The Hall–Kier alpha value is -1.88. The minimum atomic E-state index is -0.920. The van der Waals surface area contributed by atoms with Crippen molar-refractivity contribution in [3.05, 3.63) is 29.3 Å². The van der Waals surface area contributed by atoms with Crippen molar-refractivity contribution in [2.24, 2.45) is 5.92 Å². The summed E-state index contributed by atoms with van der Waals surface area (Å²) >= 11 is 0. The van der Waals surface area contributed by atoms with E-state index < -0.39 is 5.97 Å². The topological polar surface area (TPSA) is 69.6 Å². The third-order valence-corrected chi connectivity index (χ3v) is 4.45. The molecule has 112 valence electrons. The summed E-state index contributed by atoms with van der Waals surface area (Å²) < 4.78 is 0. The molecule has 1 fully saturated rings. The fourth-order valence-corrected chi connectivity index (χ4v) is 3.22. The van der Waals surface area contributed by atoms with Crippen LogP contribution in [0, 0.1) is 5.92 Å². The molecule has 1 amide bonds. The molecule has 0 spiro atoms. The fourth-order valence-electron chi connectivity index (χ4n) is 3.22. The van der Waals surface area contributed by atoms with Crippen LogP contribution in [0.3, 0.4) is 0 Å². The molecule has 5 nitrogen and oxygen atoms in total. The average Bonchev–Trinajstić information content (AvgIpc) is 3.13. The van der Waals surface area contributed by atoms with Crippen LogP contribution < -0.4 is 10.2 Å². The van der Waals surface area contributed by atoms with Crippen molar-refractivity contribution in [1.82, 2.24) is 5.32 Å². The number of fused-ring (bicyclic) bond motifs is 1. The first-order valence-corrected chi connectivity index (χ1v) is 7.52. The molecule has 0 aromatic heterocycles. The third-order valence-electron chi connectivity index (χ3n) is 4.45. The maximum absolute atomic E-state index is 12.4. The van der Waals surface area contributed by atoms with Crippen LogP contribution in [0.1, 0.15) is 35.2 Å². The van der Waals surface area contributed by atoms with Crippen molar-refractivity contribution in [3.8, 4) is 0 Å². The Morgan fingerprint density at radius 3 is 2.95 bits per heavy atom. The average molecular weight is 288 g/mol. The number of hydrogen-bond donors (Lipinski definition) is 2. The van der Waals surface area contributed by atoms with E-state index in [1.165, 1.54) is 0 Å². The van der Waals surface area contributed by atoms with E-state index in [9.17, 15) is 9.59 Å². The third kappa shape index (κ3) is 2.93. The molecule has 21 heavy (non-hydrogen) atoms. The largest absolute Gasteiger partial charge is 0.478 e. The van der Waals surface area contributed by atoms with Gasteiger partial charge in [0.1, 0.15) is 0 Å². The lowest BCUT2D eigenvalue weighted by Crippen LogP contribution is -2.29. The van der Waals surface area contributed by atoms with Crippen molar-refractivity contribution >= 4 is 17.6 Å². The maximum Gasteiger partial charge on any atom is 0.335 e. The quantitative estimate of drug-likeness (QED) is 0.884. The first-order chi connectivity index (χ1) is 10.1. The van der Waals surface area contributed by atoms with E-state index in [0.29, 0.717) is 24.4 Å². The Kier molecular flexibility index (Phi) is 3.92. The SMILES string of the molecule is O=C(O)c1ccc2c(c1)CCN2C(=O)CCC1CCNC1. The normalized spacial score (nSPS) is 20.6. The number of aromatic carboxylic acids is 1. The summed E-state index contributed by atoms with van der Waals surface area (Å²) in [6.45, 7) is 2.75. The number of benzene rings is 1. The van der Waals surface area contributed by atoms with Gasteiger partial charge in [-0.25, -0.2) is 4.79 Å². The molecule has 3 rings (SSSR count). The minimum Gasteiger partial charge on any atom is -0.478 e. The first-order valence-electron chi connectivity index (χ1n) is 7.52. The molecule has 0 aliphatic carbocycles. The van der Waals surface area contributed by atoms with Gasteiger partial charge in [0, 0.05) is 18.7 Å². The number of amides is 1. The maximum atomic E-state index is 12.4.